The Labute approximate surface area is 295 Å². The predicted octanol–water partition coefficient (Wildman–Crippen LogP) is 3.01. The first-order chi connectivity index (χ1) is 23.2. The van der Waals surface area contributed by atoms with E-state index >= 15 is 0 Å². The molecule has 2 unspecified atom stereocenters. The number of ether oxygens (including phenoxy) is 4. The SMILES string of the molecule is CC(=O)O[C@@H]1C[C@@]23C4=CC[C@@]5(C)[C@H](C(=O)O)[C@@](C)([C@H](C)C(C)C)CC[C@]5(C)[C@H]4CC[C@H]2C(C)(COC3O)[C@H]1O[C@@H]1O[C@H](CO)[C@@H](O)[C@H](O)[C@H]1O. The molecule has 2 heterocycles. The molecule has 6 rings (SSSR count). The van der Waals surface area contributed by atoms with E-state index in [1.165, 1.54) is 6.92 Å². The molecule has 0 amide bonds. The Morgan fingerprint density at radius 3 is 2.26 bits per heavy atom. The molecule has 6 N–H and O–H groups in total. The number of fused-ring (bicyclic) bond motifs is 3. The van der Waals surface area contributed by atoms with Crippen LogP contribution in [0.3, 0.4) is 0 Å². The number of carboxylic acid groups (broad SMARTS) is 1. The highest BCUT2D eigenvalue weighted by molar-refractivity contribution is 5.73. The van der Waals surface area contributed by atoms with Crippen LogP contribution in [0.15, 0.2) is 11.6 Å². The zero-order valence-corrected chi connectivity index (χ0v) is 30.9. The van der Waals surface area contributed by atoms with Crippen molar-refractivity contribution >= 4 is 11.9 Å². The monoisotopic (exact) mass is 708 g/mol. The van der Waals surface area contributed by atoms with Gasteiger partial charge in [0.1, 0.15) is 36.6 Å². The van der Waals surface area contributed by atoms with E-state index in [4.69, 9.17) is 18.9 Å². The summed E-state index contributed by atoms with van der Waals surface area (Å²) in [6.45, 7) is 15.8. The van der Waals surface area contributed by atoms with Crippen LogP contribution in [0.2, 0.25) is 0 Å². The molecule has 12 heteroatoms. The molecule has 6 aliphatic rings. The Bertz CT molecular complexity index is 1370. The first-order valence-corrected chi connectivity index (χ1v) is 18.6. The fourth-order valence-corrected chi connectivity index (χ4v) is 12.5. The number of aliphatic hydroxyl groups is 5. The van der Waals surface area contributed by atoms with Crippen LogP contribution in [-0.4, -0.2) is 105 Å². The molecular formula is C38H60O12. The van der Waals surface area contributed by atoms with E-state index in [-0.39, 0.29) is 30.8 Å². The zero-order chi connectivity index (χ0) is 36.9. The maximum absolute atomic E-state index is 13.4. The number of allylic oxidation sites excluding steroid dienone is 1. The minimum absolute atomic E-state index is 0.0419. The van der Waals surface area contributed by atoms with Gasteiger partial charge in [-0.1, -0.05) is 60.1 Å². The second-order valence-electron chi connectivity index (χ2n) is 18.0. The molecule has 3 saturated carbocycles. The van der Waals surface area contributed by atoms with Gasteiger partial charge in [-0.25, -0.2) is 0 Å². The van der Waals surface area contributed by atoms with Crippen molar-refractivity contribution in [3.05, 3.63) is 11.6 Å². The molecular weight excluding hydrogens is 648 g/mol. The van der Waals surface area contributed by atoms with Gasteiger partial charge in [-0.05, 0) is 72.0 Å². The molecule has 2 aliphatic heterocycles. The van der Waals surface area contributed by atoms with Crippen LogP contribution < -0.4 is 0 Å². The van der Waals surface area contributed by atoms with Crippen molar-refractivity contribution in [2.24, 2.45) is 56.7 Å². The van der Waals surface area contributed by atoms with Crippen LogP contribution in [0.1, 0.15) is 93.9 Å². The molecule has 4 aliphatic carbocycles. The normalized spacial score (nSPS) is 52.2. The van der Waals surface area contributed by atoms with Gasteiger partial charge in [0.2, 0.25) is 0 Å². The number of aliphatic carboxylic acids is 1. The van der Waals surface area contributed by atoms with Crippen molar-refractivity contribution in [2.75, 3.05) is 13.2 Å². The molecule has 50 heavy (non-hydrogen) atoms. The number of esters is 1. The number of rotatable bonds is 7. The second kappa shape index (κ2) is 12.7. The summed E-state index contributed by atoms with van der Waals surface area (Å²) in [5.41, 5.74) is -2.15. The van der Waals surface area contributed by atoms with Gasteiger partial charge in [0, 0.05) is 24.2 Å². The number of carbonyl (C=O) groups excluding carboxylic acids is 1. The lowest BCUT2D eigenvalue weighted by Gasteiger charge is -2.71. The highest BCUT2D eigenvalue weighted by Gasteiger charge is 2.74. The number of aliphatic hydroxyl groups excluding tert-OH is 5. The highest BCUT2D eigenvalue weighted by atomic mass is 16.7. The third-order valence-electron chi connectivity index (χ3n) is 15.6. The van der Waals surface area contributed by atoms with E-state index in [9.17, 15) is 40.2 Å². The largest absolute Gasteiger partial charge is 0.481 e. The summed E-state index contributed by atoms with van der Waals surface area (Å²) in [6, 6.07) is 0. The molecule has 0 aromatic rings. The highest BCUT2D eigenvalue weighted by Crippen LogP contribution is 2.75. The molecule has 0 spiro atoms. The minimum Gasteiger partial charge on any atom is -0.481 e. The van der Waals surface area contributed by atoms with E-state index in [0.717, 1.165) is 24.8 Å². The van der Waals surface area contributed by atoms with Crippen molar-refractivity contribution < 1.29 is 59.2 Å². The summed E-state index contributed by atoms with van der Waals surface area (Å²) in [5.74, 6) is -1.61. The lowest BCUT2D eigenvalue weighted by atomic mass is 9.34. The van der Waals surface area contributed by atoms with E-state index in [0.29, 0.717) is 18.8 Å². The van der Waals surface area contributed by atoms with E-state index in [2.05, 4.69) is 47.6 Å². The fourth-order valence-electron chi connectivity index (χ4n) is 12.5. The smallest absolute Gasteiger partial charge is 0.307 e. The van der Waals surface area contributed by atoms with Crippen LogP contribution in [0.25, 0.3) is 0 Å². The fraction of sp³-hybridized carbons (Fsp3) is 0.895. The maximum atomic E-state index is 13.4. The summed E-state index contributed by atoms with van der Waals surface area (Å²) in [7, 11) is 0. The number of hydrogen-bond acceptors (Lipinski definition) is 11. The van der Waals surface area contributed by atoms with E-state index < -0.39 is 101 Å². The quantitative estimate of drug-likeness (QED) is 0.129. The van der Waals surface area contributed by atoms with Crippen molar-refractivity contribution in [1.82, 2.24) is 0 Å². The molecule has 12 nitrogen and oxygen atoms in total. The van der Waals surface area contributed by atoms with Crippen LogP contribution in [0.5, 0.6) is 0 Å². The summed E-state index contributed by atoms with van der Waals surface area (Å²) < 4.78 is 24.5. The summed E-state index contributed by atoms with van der Waals surface area (Å²) >= 11 is 0. The second-order valence-corrected chi connectivity index (χ2v) is 18.0. The van der Waals surface area contributed by atoms with Gasteiger partial charge in [-0.2, -0.15) is 0 Å². The Balaban J connectivity index is 1.42. The van der Waals surface area contributed by atoms with Crippen molar-refractivity contribution in [3.8, 4) is 0 Å². The van der Waals surface area contributed by atoms with Gasteiger partial charge in [-0.15, -0.1) is 0 Å². The molecule has 284 valence electrons. The van der Waals surface area contributed by atoms with E-state index in [1.54, 1.807) is 0 Å². The van der Waals surface area contributed by atoms with Gasteiger partial charge in [0.15, 0.2) is 12.6 Å². The van der Waals surface area contributed by atoms with Gasteiger partial charge in [-0.3, -0.25) is 9.59 Å². The standard InChI is InChI=1S/C38H60O12/c1-18(2)19(3)34(5)13-14-36(7)21-9-10-25-35(6)17-47-33(46)38(25,22(21)11-12-37(36,8)29(34)31(44)45)15-23(48-20(4)40)30(35)50-32-28(43)27(42)26(41)24(16-39)49-32/h11,18-19,21,23-30,32-33,39,41-43,46H,9-10,12-17H2,1-8H3,(H,44,45)/t19-,21+,23-,24-,25+,26-,27+,28-,29-,30+,32+,33?,34-,35?,36-,37+,38-/m1/s1. The van der Waals surface area contributed by atoms with Gasteiger partial charge < -0.3 is 49.6 Å². The van der Waals surface area contributed by atoms with Gasteiger partial charge in [0.25, 0.3) is 0 Å². The first kappa shape index (κ1) is 38.1. The Morgan fingerprint density at radius 2 is 1.66 bits per heavy atom. The van der Waals surface area contributed by atoms with Gasteiger partial charge in [0.05, 0.1) is 19.1 Å². The van der Waals surface area contributed by atoms with Crippen molar-refractivity contribution in [1.29, 1.82) is 0 Å². The Kier molecular flexibility index (Phi) is 9.71. The predicted molar refractivity (Wildman–Crippen MR) is 179 cm³/mol. The summed E-state index contributed by atoms with van der Waals surface area (Å²) in [4.78, 5) is 26.1. The first-order valence-electron chi connectivity index (χ1n) is 18.6. The number of carbonyl (C=O) groups is 2. The molecule has 0 radical (unpaired) electrons. The third kappa shape index (κ3) is 5.13. The topological polar surface area (TPSA) is 192 Å². The molecule has 2 saturated heterocycles. The molecule has 17 atom stereocenters. The molecule has 0 aromatic heterocycles. The zero-order valence-electron chi connectivity index (χ0n) is 30.9. The number of carboxylic acids is 1. The lowest BCUT2D eigenvalue weighted by Crippen LogP contribution is -2.73. The number of hydrogen-bond donors (Lipinski definition) is 6. The van der Waals surface area contributed by atoms with Crippen LogP contribution in [0, 0.1) is 56.7 Å². The average molecular weight is 709 g/mol. The molecule has 2 bridgehead atoms. The molecule has 5 fully saturated rings. The summed E-state index contributed by atoms with van der Waals surface area (Å²) in [5, 5.41) is 64.6. The Hall–Kier alpha value is -1.64. The van der Waals surface area contributed by atoms with Crippen LogP contribution in [0.4, 0.5) is 0 Å². The van der Waals surface area contributed by atoms with Crippen molar-refractivity contribution in [3.63, 3.8) is 0 Å². The van der Waals surface area contributed by atoms with Gasteiger partial charge >= 0.3 is 11.9 Å². The molecule has 0 aromatic carbocycles. The Morgan fingerprint density at radius 1 is 0.980 bits per heavy atom. The van der Waals surface area contributed by atoms with Crippen LogP contribution in [-0.2, 0) is 28.5 Å². The lowest BCUT2D eigenvalue weighted by molar-refractivity contribution is -0.369. The summed E-state index contributed by atoms with van der Waals surface area (Å²) in [6.07, 6.45) is -4.59. The minimum atomic E-state index is -1.65. The van der Waals surface area contributed by atoms with E-state index in [1.807, 2.05) is 6.92 Å². The van der Waals surface area contributed by atoms with Crippen molar-refractivity contribution in [2.45, 2.75) is 143 Å². The van der Waals surface area contributed by atoms with Crippen LogP contribution >= 0.6 is 0 Å². The third-order valence-corrected chi connectivity index (χ3v) is 15.6. The maximum Gasteiger partial charge on any atom is 0.307 e. The average Bonchev–Trinajstić information content (AvgIpc) is 3.04.